The van der Waals surface area contributed by atoms with Crippen LogP contribution in [0.4, 0.5) is 5.69 Å². The van der Waals surface area contributed by atoms with E-state index in [1.54, 1.807) is 0 Å². The standard InChI is InChI=1S/C14H23BrN2/c1-4-11(3)9-17(5-2)10-12-7-6-8-13(16)14(12)15/h6-8,11H,4-5,9-10,16H2,1-3H3. The van der Waals surface area contributed by atoms with Crippen molar-refractivity contribution in [3.05, 3.63) is 28.2 Å². The van der Waals surface area contributed by atoms with Crippen LogP contribution in [0.25, 0.3) is 0 Å². The number of halogens is 1. The predicted molar refractivity (Wildman–Crippen MR) is 79.0 cm³/mol. The zero-order valence-corrected chi connectivity index (χ0v) is 12.6. The number of rotatable bonds is 6. The van der Waals surface area contributed by atoms with Crippen molar-refractivity contribution in [3.8, 4) is 0 Å². The van der Waals surface area contributed by atoms with Gasteiger partial charge in [-0.3, -0.25) is 4.90 Å². The minimum atomic E-state index is 0.745. The molecule has 0 aromatic heterocycles. The highest BCUT2D eigenvalue weighted by atomic mass is 79.9. The Hall–Kier alpha value is -0.540. The van der Waals surface area contributed by atoms with Gasteiger partial charge in [-0.25, -0.2) is 0 Å². The molecule has 0 heterocycles. The molecular weight excluding hydrogens is 276 g/mol. The lowest BCUT2D eigenvalue weighted by Gasteiger charge is -2.24. The monoisotopic (exact) mass is 298 g/mol. The van der Waals surface area contributed by atoms with Gasteiger partial charge in [0.15, 0.2) is 0 Å². The SMILES string of the molecule is CCC(C)CN(CC)Cc1cccc(N)c1Br. The summed E-state index contributed by atoms with van der Waals surface area (Å²) in [7, 11) is 0. The molecule has 17 heavy (non-hydrogen) atoms. The van der Waals surface area contributed by atoms with Crippen molar-refractivity contribution in [2.75, 3.05) is 18.8 Å². The maximum Gasteiger partial charge on any atom is 0.0461 e. The second kappa shape index (κ2) is 7.02. The number of nitrogen functional groups attached to an aromatic ring is 1. The van der Waals surface area contributed by atoms with Crippen molar-refractivity contribution in [2.45, 2.75) is 33.7 Å². The summed E-state index contributed by atoms with van der Waals surface area (Å²) in [6.45, 7) is 9.95. The molecule has 0 aliphatic heterocycles. The molecule has 3 heteroatoms. The van der Waals surface area contributed by atoms with E-state index in [2.05, 4.69) is 47.7 Å². The van der Waals surface area contributed by atoms with E-state index in [0.717, 1.165) is 35.7 Å². The molecule has 1 unspecified atom stereocenters. The minimum Gasteiger partial charge on any atom is -0.398 e. The maximum absolute atomic E-state index is 5.90. The Morgan fingerprint density at radius 2 is 2.06 bits per heavy atom. The van der Waals surface area contributed by atoms with Gasteiger partial charge in [-0.2, -0.15) is 0 Å². The molecule has 2 N–H and O–H groups in total. The van der Waals surface area contributed by atoms with Crippen molar-refractivity contribution in [3.63, 3.8) is 0 Å². The van der Waals surface area contributed by atoms with Crippen molar-refractivity contribution in [2.24, 2.45) is 5.92 Å². The van der Waals surface area contributed by atoms with Gasteiger partial charge in [0.05, 0.1) is 0 Å². The molecule has 1 aromatic rings. The first-order valence-corrected chi connectivity index (χ1v) is 7.12. The number of benzene rings is 1. The lowest BCUT2D eigenvalue weighted by Crippen LogP contribution is -2.28. The molecule has 2 nitrogen and oxygen atoms in total. The number of hydrogen-bond donors (Lipinski definition) is 1. The lowest BCUT2D eigenvalue weighted by molar-refractivity contribution is 0.238. The quantitative estimate of drug-likeness (QED) is 0.807. The highest BCUT2D eigenvalue weighted by Gasteiger charge is 2.10. The van der Waals surface area contributed by atoms with E-state index in [1.807, 2.05) is 12.1 Å². The zero-order chi connectivity index (χ0) is 12.8. The Morgan fingerprint density at radius 1 is 1.35 bits per heavy atom. The first-order chi connectivity index (χ1) is 8.08. The molecule has 0 amide bonds. The average Bonchev–Trinajstić information content (AvgIpc) is 2.33. The first-order valence-electron chi connectivity index (χ1n) is 6.33. The van der Waals surface area contributed by atoms with Gasteiger partial charge in [0.2, 0.25) is 0 Å². The van der Waals surface area contributed by atoms with E-state index in [4.69, 9.17) is 5.73 Å². The normalized spacial score (nSPS) is 13.0. The van der Waals surface area contributed by atoms with Gasteiger partial charge in [-0.05, 0) is 40.0 Å². The smallest absolute Gasteiger partial charge is 0.0461 e. The number of nitrogens with zero attached hydrogens (tertiary/aromatic N) is 1. The highest BCUT2D eigenvalue weighted by molar-refractivity contribution is 9.10. The van der Waals surface area contributed by atoms with Gasteiger partial charge in [0.25, 0.3) is 0 Å². The van der Waals surface area contributed by atoms with Crippen LogP contribution >= 0.6 is 15.9 Å². The molecule has 1 rings (SSSR count). The van der Waals surface area contributed by atoms with Gasteiger partial charge < -0.3 is 5.73 Å². The number of hydrogen-bond acceptors (Lipinski definition) is 2. The van der Waals surface area contributed by atoms with Crippen LogP contribution in [0.3, 0.4) is 0 Å². The van der Waals surface area contributed by atoms with E-state index in [1.165, 1.54) is 12.0 Å². The summed E-state index contributed by atoms with van der Waals surface area (Å²) in [6.07, 6.45) is 1.23. The summed E-state index contributed by atoms with van der Waals surface area (Å²) < 4.78 is 1.04. The predicted octanol–water partition coefficient (Wildman–Crippen LogP) is 3.90. The summed E-state index contributed by atoms with van der Waals surface area (Å²) in [5.74, 6) is 0.745. The fourth-order valence-electron chi connectivity index (χ4n) is 1.84. The van der Waals surface area contributed by atoms with E-state index >= 15 is 0 Å². The molecule has 96 valence electrons. The van der Waals surface area contributed by atoms with Crippen LogP contribution in [-0.2, 0) is 6.54 Å². The van der Waals surface area contributed by atoms with E-state index < -0.39 is 0 Å². The van der Waals surface area contributed by atoms with Gasteiger partial charge in [-0.15, -0.1) is 0 Å². The minimum absolute atomic E-state index is 0.745. The molecule has 1 aromatic carbocycles. The molecule has 0 saturated carbocycles. The number of nitrogens with two attached hydrogens (primary N) is 1. The summed E-state index contributed by atoms with van der Waals surface area (Å²) in [5.41, 5.74) is 7.99. The van der Waals surface area contributed by atoms with Crippen LogP contribution in [0.5, 0.6) is 0 Å². The Morgan fingerprint density at radius 3 is 2.65 bits per heavy atom. The summed E-state index contributed by atoms with van der Waals surface area (Å²) in [6, 6.07) is 6.09. The third-order valence-electron chi connectivity index (χ3n) is 3.22. The number of anilines is 1. The Labute approximate surface area is 113 Å². The van der Waals surface area contributed by atoms with Crippen LogP contribution < -0.4 is 5.73 Å². The second-order valence-corrected chi connectivity index (χ2v) is 5.45. The first kappa shape index (κ1) is 14.5. The Bertz CT molecular complexity index is 352. The topological polar surface area (TPSA) is 29.3 Å². The van der Waals surface area contributed by atoms with Crippen molar-refractivity contribution < 1.29 is 0 Å². The lowest BCUT2D eigenvalue weighted by atomic mass is 10.1. The summed E-state index contributed by atoms with van der Waals surface area (Å²) in [5, 5.41) is 0. The third kappa shape index (κ3) is 4.32. The largest absolute Gasteiger partial charge is 0.398 e. The molecule has 1 atom stereocenters. The fourth-order valence-corrected chi connectivity index (χ4v) is 2.23. The second-order valence-electron chi connectivity index (χ2n) is 4.66. The molecule has 0 saturated heterocycles. The molecule has 0 fully saturated rings. The third-order valence-corrected chi connectivity index (χ3v) is 4.18. The van der Waals surface area contributed by atoms with Gasteiger partial charge >= 0.3 is 0 Å². The van der Waals surface area contributed by atoms with Crippen LogP contribution in [0.1, 0.15) is 32.8 Å². The molecule has 0 radical (unpaired) electrons. The van der Waals surface area contributed by atoms with E-state index in [9.17, 15) is 0 Å². The maximum atomic E-state index is 5.90. The van der Waals surface area contributed by atoms with Crippen molar-refractivity contribution in [1.29, 1.82) is 0 Å². The summed E-state index contributed by atoms with van der Waals surface area (Å²) in [4.78, 5) is 2.47. The molecule has 0 aliphatic rings. The van der Waals surface area contributed by atoms with Crippen LogP contribution in [0.2, 0.25) is 0 Å². The molecule has 0 spiro atoms. The van der Waals surface area contributed by atoms with Crippen molar-refractivity contribution >= 4 is 21.6 Å². The van der Waals surface area contributed by atoms with Crippen LogP contribution in [0.15, 0.2) is 22.7 Å². The molecule has 0 aliphatic carbocycles. The Balaban J connectivity index is 2.70. The van der Waals surface area contributed by atoms with Crippen molar-refractivity contribution in [1.82, 2.24) is 4.90 Å². The van der Waals surface area contributed by atoms with Gasteiger partial charge in [-0.1, -0.05) is 39.3 Å². The highest BCUT2D eigenvalue weighted by Crippen LogP contribution is 2.25. The average molecular weight is 299 g/mol. The Kier molecular flexibility index (Phi) is 6.00. The van der Waals surface area contributed by atoms with Crippen LogP contribution in [-0.4, -0.2) is 18.0 Å². The van der Waals surface area contributed by atoms with E-state index in [0.29, 0.717) is 0 Å². The molecule has 0 bridgehead atoms. The zero-order valence-electron chi connectivity index (χ0n) is 11.0. The van der Waals surface area contributed by atoms with E-state index in [-0.39, 0.29) is 0 Å². The van der Waals surface area contributed by atoms with Gasteiger partial charge in [0.1, 0.15) is 0 Å². The summed E-state index contributed by atoms with van der Waals surface area (Å²) >= 11 is 3.57. The van der Waals surface area contributed by atoms with Gasteiger partial charge in [0, 0.05) is 23.2 Å². The molecular formula is C14H23BrN2. The van der Waals surface area contributed by atoms with Crippen LogP contribution in [0, 0.1) is 5.92 Å². The fraction of sp³-hybridized carbons (Fsp3) is 0.571.